The fraction of sp³-hybridized carbons (Fsp3) is 0.684. The Morgan fingerprint density at radius 2 is 1.80 bits per heavy atom. The van der Waals surface area contributed by atoms with Crippen LogP contribution in [0, 0.1) is 11.3 Å². The molecule has 2 amide bonds. The summed E-state index contributed by atoms with van der Waals surface area (Å²) in [5.74, 6) is 0.939. The number of carbonyl (C=O) groups is 2. The van der Waals surface area contributed by atoms with Gasteiger partial charge in [-0.3, -0.25) is 9.59 Å². The second kappa shape index (κ2) is 6.73. The third kappa shape index (κ3) is 3.14. The zero-order valence-electron chi connectivity index (χ0n) is 14.7. The van der Waals surface area contributed by atoms with Gasteiger partial charge in [0, 0.05) is 45.0 Å². The van der Waals surface area contributed by atoms with Gasteiger partial charge in [-0.2, -0.15) is 0 Å². The molecular formula is C19H26N4O2. The smallest absolute Gasteiger partial charge is 0.291 e. The SMILES string of the molecule is O=C(CCC1CN(C(=O)c2ncccn2)CC12CCC2)N1CCCC1. The maximum atomic E-state index is 12.7. The van der Waals surface area contributed by atoms with Gasteiger partial charge < -0.3 is 9.80 Å². The molecule has 6 nitrogen and oxygen atoms in total. The maximum Gasteiger partial charge on any atom is 0.291 e. The summed E-state index contributed by atoms with van der Waals surface area (Å²) in [6.07, 6.45) is 10.6. The summed E-state index contributed by atoms with van der Waals surface area (Å²) < 4.78 is 0. The molecule has 1 saturated carbocycles. The van der Waals surface area contributed by atoms with E-state index in [1.54, 1.807) is 18.5 Å². The molecule has 1 atom stereocenters. The number of rotatable bonds is 4. The third-order valence-electron chi connectivity index (χ3n) is 6.37. The quantitative estimate of drug-likeness (QED) is 0.841. The maximum absolute atomic E-state index is 12.7. The first-order chi connectivity index (χ1) is 12.2. The molecule has 4 rings (SSSR count). The largest absolute Gasteiger partial charge is 0.343 e. The average Bonchev–Trinajstić information content (AvgIpc) is 3.27. The molecule has 0 radical (unpaired) electrons. The standard InChI is InChI=1S/C19H26N4O2/c24-16(22-11-1-2-12-22)6-5-15-13-23(14-19(15)7-3-8-19)18(25)17-20-9-4-10-21-17/h4,9-10,15H,1-3,5-8,11-14H2. The first-order valence-corrected chi connectivity index (χ1v) is 9.52. The molecular weight excluding hydrogens is 316 g/mol. The molecule has 134 valence electrons. The number of likely N-dealkylation sites (tertiary alicyclic amines) is 2. The number of nitrogens with zero attached hydrogens (tertiary/aromatic N) is 4. The van der Waals surface area contributed by atoms with E-state index in [0.29, 0.717) is 18.2 Å². The van der Waals surface area contributed by atoms with Crippen molar-refractivity contribution >= 4 is 11.8 Å². The predicted octanol–water partition coefficient (Wildman–Crippen LogP) is 2.12. The van der Waals surface area contributed by atoms with Gasteiger partial charge in [0.25, 0.3) is 5.91 Å². The van der Waals surface area contributed by atoms with Crippen LogP contribution in [0.1, 0.15) is 55.6 Å². The molecule has 1 unspecified atom stereocenters. The normalized spacial score (nSPS) is 24.6. The first kappa shape index (κ1) is 16.5. The van der Waals surface area contributed by atoms with Crippen LogP contribution in [-0.4, -0.2) is 57.8 Å². The molecule has 6 heteroatoms. The molecule has 1 aromatic heterocycles. The van der Waals surface area contributed by atoms with E-state index < -0.39 is 0 Å². The van der Waals surface area contributed by atoms with E-state index in [0.717, 1.165) is 45.4 Å². The molecule has 2 saturated heterocycles. The van der Waals surface area contributed by atoms with Gasteiger partial charge >= 0.3 is 0 Å². The van der Waals surface area contributed by atoms with Crippen molar-refractivity contribution in [2.75, 3.05) is 26.2 Å². The lowest BCUT2D eigenvalue weighted by Crippen LogP contribution is -2.39. The molecule has 3 heterocycles. The van der Waals surface area contributed by atoms with Crippen molar-refractivity contribution in [1.29, 1.82) is 0 Å². The van der Waals surface area contributed by atoms with E-state index in [2.05, 4.69) is 9.97 Å². The Labute approximate surface area is 148 Å². The zero-order chi connectivity index (χ0) is 17.3. The zero-order valence-corrected chi connectivity index (χ0v) is 14.7. The molecule has 1 spiro atoms. The van der Waals surface area contributed by atoms with Crippen molar-refractivity contribution in [1.82, 2.24) is 19.8 Å². The van der Waals surface area contributed by atoms with Crippen molar-refractivity contribution in [2.24, 2.45) is 11.3 Å². The third-order valence-corrected chi connectivity index (χ3v) is 6.37. The van der Waals surface area contributed by atoms with Crippen molar-refractivity contribution in [2.45, 2.75) is 44.9 Å². The van der Waals surface area contributed by atoms with Crippen molar-refractivity contribution < 1.29 is 9.59 Å². The molecule has 3 fully saturated rings. The molecule has 0 N–H and O–H groups in total. The van der Waals surface area contributed by atoms with Gasteiger partial charge in [0.05, 0.1) is 0 Å². The molecule has 2 aliphatic heterocycles. The second-order valence-electron chi connectivity index (χ2n) is 7.80. The molecule has 25 heavy (non-hydrogen) atoms. The summed E-state index contributed by atoms with van der Waals surface area (Å²) >= 11 is 0. The monoisotopic (exact) mass is 342 g/mol. The van der Waals surface area contributed by atoms with Crippen molar-refractivity contribution in [3.8, 4) is 0 Å². The molecule has 0 aromatic carbocycles. The van der Waals surface area contributed by atoms with Crippen LogP contribution in [0.4, 0.5) is 0 Å². The van der Waals surface area contributed by atoms with E-state index in [4.69, 9.17) is 0 Å². The Kier molecular flexibility index (Phi) is 4.44. The van der Waals surface area contributed by atoms with Crippen LogP contribution in [0.5, 0.6) is 0 Å². The highest BCUT2D eigenvalue weighted by Gasteiger charge is 2.51. The number of hydrogen-bond donors (Lipinski definition) is 0. The summed E-state index contributed by atoms with van der Waals surface area (Å²) in [5, 5.41) is 0. The summed E-state index contributed by atoms with van der Waals surface area (Å²) in [7, 11) is 0. The van der Waals surface area contributed by atoms with Crippen LogP contribution >= 0.6 is 0 Å². The summed E-state index contributed by atoms with van der Waals surface area (Å²) in [6, 6.07) is 1.72. The van der Waals surface area contributed by atoms with Gasteiger partial charge in [0.15, 0.2) is 0 Å². The van der Waals surface area contributed by atoms with Crippen LogP contribution in [0.15, 0.2) is 18.5 Å². The Morgan fingerprint density at radius 3 is 2.44 bits per heavy atom. The Bertz CT molecular complexity index is 638. The van der Waals surface area contributed by atoms with Gasteiger partial charge in [-0.15, -0.1) is 0 Å². The Morgan fingerprint density at radius 1 is 1.08 bits per heavy atom. The summed E-state index contributed by atoms with van der Waals surface area (Å²) in [5.41, 5.74) is 0.232. The van der Waals surface area contributed by atoms with Crippen LogP contribution in [0.2, 0.25) is 0 Å². The molecule has 1 aromatic rings. The lowest BCUT2D eigenvalue weighted by Gasteiger charge is -2.42. The Hall–Kier alpha value is -1.98. The minimum atomic E-state index is -0.0692. The van der Waals surface area contributed by atoms with E-state index in [9.17, 15) is 9.59 Å². The highest BCUT2D eigenvalue weighted by Crippen LogP contribution is 2.53. The van der Waals surface area contributed by atoms with E-state index >= 15 is 0 Å². The molecule has 1 aliphatic carbocycles. The van der Waals surface area contributed by atoms with Gasteiger partial charge in [-0.1, -0.05) is 6.42 Å². The highest BCUT2D eigenvalue weighted by molar-refractivity contribution is 5.90. The van der Waals surface area contributed by atoms with Gasteiger partial charge in [0.1, 0.15) is 0 Å². The fourth-order valence-electron chi connectivity index (χ4n) is 4.76. The average molecular weight is 342 g/mol. The summed E-state index contributed by atoms with van der Waals surface area (Å²) in [6.45, 7) is 3.38. The van der Waals surface area contributed by atoms with Gasteiger partial charge in [0.2, 0.25) is 11.7 Å². The topological polar surface area (TPSA) is 66.4 Å². The number of carbonyl (C=O) groups excluding carboxylic acids is 2. The number of aromatic nitrogens is 2. The molecule has 3 aliphatic rings. The van der Waals surface area contributed by atoms with E-state index in [1.165, 1.54) is 19.3 Å². The minimum absolute atomic E-state index is 0.0692. The van der Waals surface area contributed by atoms with E-state index in [-0.39, 0.29) is 17.1 Å². The Balaban J connectivity index is 1.39. The van der Waals surface area contributed by atoms with Crippen LogP contribution in [-0.2, 0) is 4.79 Å². The highest BCUT2D eigenvalue weighted by atomic mass is 16.2. The van der Waals surface area contributed by atoms with Gasteiger partial charge in [-0.05, 0) is 49.5 Å². The second-order valence-corrected chi connectivity index (χ2v) is 7.80. The lowest BCUT2D eigenvalue weighted by atomic mass is 9.62. The first-order valence-electron chi connectivity index (χ1n) is 9.52. The van der Waals surface area contributed by atoms with E-state index in [1.807, 2.05) is 9.80 Å². The fourth-order valence-corrected chi connectivity index (χ4v) is 4.76. The molecule has 0 bridgehead atoms. The van der Waals surface area contributed by atoms with Gasteiger partial charge in [-0.25, -0.2) is 9.97 Å². The van der Waals surface area contributed by atoms with Crippen LogP contribution < -0.4 is 0 Å². The van der Waals surface area contributed by atoms with Crippen molar-refractivity contribution in [3.05, 3.63) is 24.3 Å². The predicted molar refractivity (Wildman–Crippen MR) is 92.8 cm³/mol. The summed E-state index contributed by atoms with van der Waals surface area (Å²) in [4.78, 5) is 37.2. The van der Waals surface area contributed by atoms with Crippen molar-refractivity contribution in [3.63, 3.8) is 0 Å². The number of hydrogen-bond acceptors (Lipinski definition) is 4. The number of amides is 2. The van der Waals surface area contributed by atoms with Crippen LogP contribution in [0.3, 0.4) is 0 Å². The lowest BCUT2D eigenvalue weighted by molar-refractivity contribution is -0.130. The van der Waals surface area contributed by atoms with Crippen LogP contribution in [0.25, 0.3) is 0 Å². The minimum Gasteiger partial charge on any atom is -0.343 e.